The number of ether oxygens (including phenoxy) is 1. The fourth-order valence-electron chi connectivity index (χ4n) is 3.27. The minimum absolute atomic E-state index is 0.0749. The van der Waals surface area contributed by atoms with Crippen LogP contribution in [-0.4, -0.2) is 23.5 Å². The van der Waals surface area contributed by atoms with Crippen LogP contribution in [0.15, 0.2) is 47.3 Å². The molecule has 1 atom stereocenters. The van der Waals surface area contributed by atoms with Crippen molar-refractivity contribution in [2.45, 2.75) is 25.1 Å². The lowest BCUT2D eigenvalue weighted by Gasteiger charge is -2.28. The van der Waals surface area contributed by atoms with Crippen LogP contribution in [0.2, 0.25) is 5.02 Å². The molecule has 166 valence electrons. The molecule has 2 aromatic rings. The van der Waals surface area contributed by atoms with Crippen LogP contribution in [0.3, 0.4) is 0 Å². The lowest BCUT2D eigenvalue weighted by Crippen LogP contribution is -2.30. The number of carbonyl (C=O) groups excluding carboxylic acids is 1. The highest BCUT2D eigenvalue weighted by Crippen LogP contribution is 2.37. The Kier molecular flexibility index (Phi) is 6.23. The number of allylic oxidation sites excluding steroid dienone is 1. The Labute approximate surface area is 185 Å². The minimum atomic E-state index is -4.87. The predicted molar refractivity (Wildman–Crippen MR) is 108 cm³/mol. The zero-order valence-corrected chi connectivity index (χ0v) is 17.3. The Bertz CT molecular complexity index is 1190. The maximum absolute atomic E-state index is 13.4. The molecular formula is C21H15ClF4N4O2. The lowest BCUT2D eigenvalue weighted by atomic mass is 9.89. The summed E-state index contributed by atoms with van der Waals surface area (Å²) in [6, 6.07) is 6.26. The van der Waals surface area contributed by atoms with E-state index in [9.17, 15) is 22.4 Å². The van der Waals surface area contributed by atoms with Gasteiger partial charge in [0.25, 0.3) is 6.02 Å². The van der Waals surface area contributed by atoms with Gasteiger partial charge in [0.15, 0.2) is 5.78 Å². The van der Waals surface area contributed by atoms with Gasteiger partial charge in [0.2, 0.25) is 0 Å². The maximum Gasteiger partial charge on any atom is 0.418 e. The van der Waals surface area contributed by atoms with Crippen molar-refractivity contribution in [3.8, 4) is 6.07 Å². The number of hydrogen-bond donors (Lipinski definition) is 1. The zero-order chi connectivity index (χ0) is 23.7. The van der Waals surface area contributed by atoms with Gasteiger partial charge in [-0.2, -0.15) is 18.4 Å². The number of benzene rings is 1. The molecule has 0 saturated carbocycles. The minimum Gasteiger partial charge on any atom is -0.428 e. The molecule has 0 aliphatic carbocycles. The molecule has 32 heavy (non-hydrogen) atoms. The van der Waals surface area contributed by atoms with E-state index >= 15 is 0 Å². The van der Waals surface area contributed by atoms with Crippen LogP contribution in [0.1, 0.15) is 39.7 Å². The number of amidine groups is 1. The van der Waals surface area contributed by atoms with E-state index in [2.05, 4.69) is 9.98 Å². The number of aromatic nitrogens is 1. The molecule has 2 N–H and O–H groups in total. The van der Waals surface area contributed by atoms with E-state index < -0.39 is 41.9 Å². The molecule has 0 radical (unpaired) electrons. The fraction of sp³-hybridized carbons (Fsp3) is 0.238. The highest BCUT2D eigenvalue weighted by molar-refractivity contribution is 6.31. The van der Waals surface area contributed by atoms with Gasteiger partial charge in [0.05, 0.1) is 11.1 Å². The van der Waals surface area contributed by atoms with Gasteiger partial charge in [0, 0.05) is 23.2 Å². The van der Waals surface area contributed by atoms with E-state index in [0.29, 0.717) is 17.2 Å². The summed E-state index contributed by atoms with van der Waals surface area (Å²) in [7, 11) is 0. The van der Waals surface area contributed by atoms with Crippen LogP contribution in [0.4, 0.5) is 17.6 Å². The number of rotatable bonds is 5. The van der Waals surface area contributed by atoms with E-state index in [1.807, 2.05) is 0 Å². The molecule has 2 heterocycles. The highest BCUT2D eigenvalue weighted by Gasteiger charge is 2.37. The summed E-state index contributed by atoms with van der Waals surface area (Å²) in [4.78, 5) is 20.4. The smallest absolute Gasteiger partial charge is 0.418 e. The van der Waals surface area contributed by atoms with Crippen molar-refractivity contribution in [1.82, 2.24) is 4.98 Å². The van der Waals surface area contributed by atoms with Crippen molar-refractivity contribution in [3.05, 3.63) is 75.3 Å². The number of alkyl halides is 4. The number of hydrogen-bond acceptors (Lipinski definition) is 6. The zero-order valence-electron chi connectivity index (χ0n) is 16.5. The van der Waals surface area contributed by atoms with Gasteiger partial charge in [-0.15, -0.1) is 0 Å². The summed E-state index contributed by atoms with van der Waals surface area (Å²) in [6.45, 7) is 0.654. The van der Waals surface area contributed by atoms with E-state index in [0.717, 1.165) is 6.20 Å². The molecule has 0 saturated heterocycles. The van der Waals surface area contributed by atoms with Crippen molar-refractivity contribution in [2.24, 2.45) is 10.7 Å². The second-order valence-corrected chi connectivity index (χ2v) is 7.49. The summed E-state index contributed by atoms with van der Waals surface area (Å²) in [5.74, 6) is -0.982. The van der Waals surface area contributed by atoms with Crippen molar-refractivity contribution in [3.63, 3.8) is 0 Å². The Morgan fingerprint density at radius 3 is 2.69 bits per heavy atom. The second kappa shape index (κ2) is 8.59. The molecule has 0 spiro atoms. The SMILES string of the molecule is C[C@@]1(c2cc(CC(=O)c3ncc(C#N)cc3C(F)(F)F)ccc2Cl)C=C(CF)OC(N)=N1. The van der Waals surface area contributed by atoms with Crippen molar-refractivity contribution < 1.29 is 27.1 Å². The number of nitrogens with zero attached hydrogens (tertiary/aromatic N) is 3. The first-order chi connectivity index (χ1) is 15.0. The first-order valence-electron chi connectivity index (χ1n) is 9.07. The monoisotopic (exact) mass is 466 g/mol. The van der Waals surface area contributed by atoms with E-state index in [1.54, 1.807) is 13.0 Å². The molecule has 0 amide bonds. The molecule has 11 heteroatoms. The fourth-order valence-corrected chi connectivity index (χ4v) is 3.58. The largest absolute Gasteiger partial charge is 0.428 e. The average molecular weight is 467 g/mol. The number of pyridine rings is 1. The Balaban J connectivity index is 1.99. The molecule has 0 fully saturated rings. The van der Waals surface area contributed by atoms with Crippen LogP contribution in [-0.2, 0) is 22.9 Å². The third-order valence-corrected chi connectivity index (χ3v) is 5.01. The first kappa shape index (κ1) is 23.2. The number of aliphatic imine (C=N–C) groups is 1. The quantitative estimate of drug-likeness (QED) is 0.517. The number of nitrogens with two attached hydrogens (primary N) is 1. The summed E-state index contributed by atoms with van der Waals surface area (Å²) < 4.78 is 58.3. The Morgan fingerprint density at radius 1 is 1.34 bits per heavy atom. The third kappa shape index (κ3) is 4.73. The molecule has 1 aromatic carbocycles. The molecule has 6 nitrogen and oxygen atoms in total. The molecule has 0 bridgehead atoms. The highest BCUT2D eigenvalue weighted by atomic mass is 35.5. The molecule has 1 aromatic heterocycles. The van der Waals surface area contributed by atoms with Crippen LogP contribution >= 0.6 is 11.6 Å². The van der Waals surface area contributed by atoms with Gasteiger partial charge in [0.1, 0.15) is 29.7 Å². The predicted octanol–water partition coefficient (Wildman–Crippen LogP) is 4.46. The molecular weight excluding hydrogens is 452 g/mol. The Hall–Kier alpha value is -3.45. The van der Waals surface area contributed by atoms with Gasteiger partial charge < -0.3 is 10.5 Å². The van der Waals surface area contributed by atoms with Gasteiger partial charge in [-0.05, 0) is 30.7 Å². The molecule has 3 rings (SSSR count). The van der Waals surface area contributed by atoms with Crippen molar-refractivity contribution >= 4 is 23.4 Å². The second-order valence-electron chi connectivity index (χ2n) is 7.09. The standard InChI is InChI=1S/C21H15ClF4N4O2/c1-20(7-13(8-23)32-19(28)30-20)14-4-11(2-3-16(14)22)6-17(31)18-15(21(24,25)26)5-12(9-27)10-29-18/h2-5,7,10H,6,8H2,1H3,(H2,28,30)/t20-/m0/s1. The van der Waals surface area contributed by atoms with Crippen molar-refractivity contribution in [2.75, 3.05) is 6.67 Å². The van der Waals surface area contributed by atoms with Gasteiger partial charge in [-0.25, -0.2) is 9.38 Å². The molecule has 1 aliphatic heterocycles. The summed E-state index contributed by atoms with van der Waals surface area (Å²) in [5.41, 5.74) is 2.67. The summed E-state index contributed by atoms with van der Waals surface area (Å²) in [5, 5.41) is 9.07. The van der Waals surface area contributed by atoms with Gasteiger partial charge in [-0.3, -0.25) is 9.78 Å². The van der Waals surface area contributed by atoms with E-state index in [4.69, 9.17) is 27.3 Å². The lowest BCUT2D eigenvalue weighted by molar-refractivity contribution is -0.138. The van der Waals surface area contributed by atoms with Gasteiger partial charge >= 0.3 is 6.18 Å². The number of ketones is 1. The number of nitriles is 1. The number of Topliss-reactive ketones (excluding diaryl/α,β-unsaturated/α-hetero) is 1. The van der Waals surface area contributed by atoms with E-state index in [1.165, 1.54) is 24.3 Å². The number of carbonyl (C=O) groups is 1. The van der Waals surface area contributed by atoms with Crippen LogP contribution in [0, 0.1) is 11.3 Å². The van der Waals surface area contributed by atoms with Crippen molar-refractivity contribution in [1.29, 1.82) is 5.26 Å². The molecule has 1 aliphatic rings. The van der Waals surface area contributed by atoms with Gasteiger partial charge in [-0.1, -0.05) is 23.7 Å². The van der Waals surface area contributed by atoms with E-state index in [-0.39, 0.29) is 22.4 Å². The molecule has 0 unspecified atom stereocenters. The first-order valence-corrected chi connectivity index (χ1v) is 9.45. The van der Waals surface area contributed by atoms with Crippen LogP contribution < -0.4 is 5.73 Å². The summed E-state index contributed by atoms with van der Waals surface area (Å²) in [6.07, 6.45) is -3.03. The Morgan fingerprint density at radius 2 is 2.06 bits per heavy atom. The average Bonchev–Trinajstić information content (AvgIpc) is 2.73. The topological polar surface area (TPSA) is 101 Å². The number of halogens is 5. The van der Waals surface area contributed by atoms with Crippen LogP contribution in [0.25, 0.3) is 0 Å². The normalized spacial score (nSPS) is 18.3. The maximum atomic E-state index is 13.4. The van der Waals surface area contributed by atoms with Crippen LogP contribution in [0.5, 0.6) is 0 Å². The summed E-state index contributed by atoms with van der Waals surface area (Å²) >= 11 is 6.28. The third-order valence-electron chi connectivity index (χ3n) is 4.68.